The molecule has 2 aliphatic rings. The normalized spacial score (nSPS) is 20.4. The number of benzene rings is 2. The maximum Gasteiger partial charge on any atom is 0.195 e. The average molecular weight is 305 g/mol. The molecule has 3 heteroatoms. The topological polar surface area (TPSA) is 40.5 Å². The standard InChI is InChI=1S/C20H19NO2/c22-19-13-18(16-5-1-2-6-17(16)20(19)23)14-7-9-15(10-8-14)21-11-3-4-12-21/h1-2,5-10,13,19,22H,3-4,11-12H2. The lowest BCUT2D eigenvalue weighted by molar-refractivity contribution is 0.0817. The van der Waals surface area contributed by atoms with Crippen molar-refractivity contribution >= 4 is 17.0 Å². The number of nitrogens with zero attached hydrogens (tertiary/aromatic N) is 1. The van der Waals surface area contributed by atoms with Crippen LogP contribution in [0.5, 0.6) is 0 Å². The molecule has 0 saturated carbocycles. The third-order valence-corrected chi connectivity index (χ3v) is 4.73. The van der Waals surface area contributed by atoms with Crippen molar-refractivity contribution in [2.24, 2.45) is 0 Å². The van der Waals surface area contributed by atoms with Crippen LogP contribution in [0.2, 0.25) is 0 Å². The second-order valence-corrected chi connectivity index (χ2v) is 6.18. The summed E-state index contributed by atoms with van der Waals surface area (Å²) in [6, 6.07) is 15.9. The van der Waals surface area contributed by atoms with Crippen LogP contribution in [-0.2, 0) is 0 Å². The Morgan fingerprint density at radius 2 is 1.57 bits per heavy atom. The Balaban J connectivity index is 1.72. The van der Waals surface area contributed by atoms with Gasteiger partial charge >= 0.3 is 0 Å². The van der Waals surface area contributed by atoms with Gasteiger partial charge in [-0.05, 0) is 47.8 Å². The highest BCUT2D eigenvalue weighted by Crippen LogP contribution is 2.33. The molecule has 3 nitrogen and oxygen atoms in total. The van der Waals surface area contributed by atoms with Crippen molar-refractivity contribution in [3.8, 4) is 0 Å². The number of fused-ring (bicyclic) bond motifs is 1. The minimum absolute atomic E-state index is 0.224. The van der Waals surface area contributed by atoms with Gasteiger partial charge in [-0.3, -0.25) is 4.79 Å². The van der Waals surface area contributed by atoms with Gasteiger partial charge in [-0.15, -0.1) is 0 Å². The number of ketones is 1. The van der Waals surface area contributed by atoms with Crippen molar-refractivity contribution in [1.82, 2.24) is 0 Å². The molecule has 1 fully saturated rings. The van der Waals surface area contributed by atoms with E-state index in [2.05, 4.69) is 29.2 Å². The molecule has 0 spiro atoms. The van der Waals surface area contributed by atoms with E-state index >= 15 is 0 Å². The zero-order valence-corrected chi connectivity index (χ0v) is 12.9. The first kappa shape index (κ1) is 14.2. The van der Waals surface area contributed by atoms with Crippen LogP contribution in [0.25, 0.3) is 5.57 Å². The van der Waals surface area contributed by atoms with E-state index in [0.717, 1.165) is 29.8 Å². The Labute approximate surface area is 135 Å². The van der Waals surface area contributed by atoms with E-state index < -0.39 is 6.10 Å². The number of aliphatic hydroxyl groups excluding tert-OH is 1. The molecule has 23 heavy (non-hydrogen) atoms. The second-order valence-electron chi connectivity index (χ2n) is 6.18. The summed E-state index contributed by atoms with van der Waals surface area (Å²) in [4.78, 5) is 14.5. The molecule has 0 radical (unpaired) electrons. The number of rotatable bonds is 2. The maximum absolute atomic E-state index is 12.1. The summed E-state index contributed by atoms with van der Waals surface area (Å²) < 4.78 is 0. The first-order chi connectivity index (χ1) is 11.2. The highest BCUT2D eigenvalue weighted by Gasteiger charge is 2.26. The summed E-state index contributed by atoms with van der Waals surface area (Å²) in [7, 11) is 0. The van der Waals surface area contributed by atoms with Crippen molar-refractivity contribution in [3.05, 3.63) is 71.3 Å². The fourth-order valence-corrected chi connectivity index (χ4v) is 3.49. The van der Waals surface area contributed by atoms with Crippen LogP contribution in [0.15, 0.2) is 54.6 Å². The van der Waals surface area contributed by atoms with Crippen molar-refractivity contribution in [2.75, 3.05) is 18.0 Å². The van der Waals surface area contributed by atoms with Gasteiger partial charge in [0.2, 0.25) is 0 Å². The second kappa shape index (κ2) is 5.67. The summed E-state index contributed by atoms with van der Waals surface area (Å²) in [6.07, 6.45) is 3.12. The van der Waals surface area contributed by atoms with Crippen LogP contribution in [0, 0.1) is 0 Å². The highest BCUT2D eigenvalue weighted by atomic mass is 16.3. The molecule has 0 bridgehead atoms. The van der Waals surface area contributed by atoms with Gasteiger partial charge in [0.25, 0.3) is 0 Å². The lowest BCUT2D eigenvalue weighted by atomic mass is 9.85. The van der Waals surface area contributed by atoms with Crippen molar-refractivity contribution < 1.29 is 9.90 Å². The maximum atomic E-state index is 12.1. The van der Waals surface area contributed by atoms with E-state index in [4.69, 9.17) is 0 Å². The van der Waals surface area contributed by atoms with Crippen LogP contribution in [-0.4, -0.2) is 30.1 Å². The number of aliphatic hydroxyl groups is 1. The largest absolute Gasteiger partial charge is 0.381 e. The number of hydrogen-bond acceptors (Lipinski definition) is 3. The molecule has 0 aromatic heterocycles. The zero-order valence-electron chi connectivity index (χ0n) is 12.9. The fourth-order valence-electron chi connectivity index (χ4n) is 3.49. The number of carbonyl (C=O) groups excluding carboxylic acids is 1. The Bertz CT molecular complexity index is 770. The summed E-state index contributed by atoms with van der Waals surface area (Å²) in [6.45, 7) is 2.25. The molecule has 2 aromatic carbocycles. The minimum Gasteiger partial charge on any atom is -0.381 e. The monoisotopic (exact) mass is 305 g/mol. The van der Waals surface area contributed by atoms with E-state index in [9.17, 15) is 9.90 Å². The van der Waals surface area contributed by atoms with Gasteiger partial charge in [-0.1, -0.05) is 36.4 Å². The van der Waals surface area contributed by atoms with E-state index in [-0.39, 0.29) is 5.78 Å². The fraction of sp³-hybridized carbons (Fsp3) is 0.250. The Morgan fingerprint density at radius 1 is 0.913 bits per heavy atom. The van der Waals surface area contributed by atoms with Gasteiger partial charge in [0, 0.05) is 24.3 Å². The predicted octanol–water partition coefficient (Wildman–Crippen LogP) is 3.28. The van der Waals surface area contributed by atoms with E-state index in [0.29, 0.717) is 5.56 Å². The quantitative estimate of drug-likeness (QED) is 0.925. The first-order valence-electron chi connectivity index (χ1n) is 8.13. The van der Waals surface area contributed by atoms with Crippen LogP contribution in [0.4, 0.5) is 5.69 Å². The molecule has 0 amide bonds. The smallest absolute Gasteiger partial charge is 0.195 e. The van der Waals surface area contributed by atoms with Gasteiger partial charge in [-0.2, -0.15) is 0 Å². The first-order valence-corrected chi connectivity index (χ1v) is 8.13. The lowest BCUT2D eigenvalue weighted by Crippen LogP contribution is -2.23. The van der Waals surface area contributed by atoms with Crippen molar-refractivity contribution in [1.29, 1.82) is 0 Å². The molecule has 1 aliphatic carbocycles. The molecule has 1 N–H and O–H groups in total. The van der Waals surface area contributed by atoms with Gasteiger partial charge < -0.3 is 10.0 Å². The number of Topliss-reactive ketones (excluding diaryl/α,β-unsaturated/α-hetero) is 1. The Kier molecular flexibility index (Phi) is 3.50. The zero-order chi connectivity index (χ0) is 15.8. The van der Waals surface area contributed by atoms with Crippen LogP contribution in [0.3, 0.4) is 0 Å². The highest BCUT2D eigenvalue weighted by molar-refractivity contribution is 6.09. The third kappa shape index (κ3) is 2.47. The molecular formula is C20H19NO2. The van der Waals surface area contributed by atoms with Crippen molar-refractivity contribution in [2.45, 2.75) is 18.9 Å². The molecular weight excluding hydrogens is 286 g/mol. The Hall–Kier alpha value is -2.39. The summed E-state index contributed by atoms with van der Waals surface area (Å²) >= 11 is 0. The van der Waals surface area contributed by atoms with Gasteiger partial charge in [0.1, 0.15) is 6.10 Å². The lowest BCUT2D eigenvalue weighted by Gasteiger charge is -2.22. The molecule has 1 saturated heterocycles. The third-order valence-electron chi connectivity index (χ3n) is 4.73. The average Bonchev–Trinajstić information content (AvgIpc) is 3.13. The van der Waals surface area contributed by atoms with Crippen molar-refractivity contribution in [3.63, 3.8) is 0 Å². The van der Waals surface area contributed by atoms with Crippen LogP contribution in [0.1, 0.15) is 34.3 Å². The van der Waals surface area contributed by atoms with E-state index in [1.165, 1.54) is 18.5 Å². The molecule has 1 atom stereocenters. The summed E-state index contributed by atoms with van der Waals surface area (Å²) in [5.41, 5.74) is 4.71. The summed E-state index contributed by atoms with van der Waals surface area (Å²) in [5.74, 6) is -0.224. The van der Waals surface area contributed by atoms with E-state index in [1.807, 2.05) is 18.2 Å². The number of carbonyl (C=O) groups is 1. The van der Waals surface area contributed by atoms with Crippen LogP contribution < -0.4 is 4.90 Å². The van der Waals surface area contributed by atoms with Crippen LogP contribution >= 0.6 is 0 Å². The Morgan fingerprint density at radius 3 is 2.26 bits per heavy atom. The number of hydrogen-bond donors (Lipinski definition) is 1. The predicted molar refractivity (Wildman–Crippen MR) is 91.7 cm³/mol. The van der Waals surface area contributed by atoms with E-state index in [1.54, 1.807) is 12.1 Å². The number of anilines is 1. The molecule has 116 valence electrons. The summed E-state index contributed by atoms with van der Waals surface area (Å²) in [5, 5.41) is 10.0. The van der Waals surface area contributed by atoms with Gasteiger partial charge in [0.15, 0.2) is 5.78 Å². The molecule has 2 aromatic rings. The van der Waals surface area contributed by atoms with Gasteiger partial charge in [0.05, 0.1) is 0 Å². The minimum atomic E-state index is -1.06. The van der Waals surface area contributed by atoms with Gasteiger partial charge in [-0.25, -0.2) is 0 Å². The SMILES string of the molecule is O=C1c2ccccc2C(c2ccc(N3CCCC3)cc2)=CC1O. The molecule has 1 aliphatic heterocycles. The molecule has 1 unspecified atom stereocenters. The molecule has 1 heterocycles. The molecule has 4 rings (SSSR count).